The molecule has 2 aliphatic rings. The van der Waals surface area contributed by atoms with Gasteiger partial charge < -0.3 is 30.5 Å². The van der Waals surface area contributed by atoms with Gasteiger partial charge in [-0.05, 0) is 67.3 Å². The number of anilines is 1. The van der Waals surface area contributed by atoms with E-state index in [9.17, 15) is 23.6 Å². The van der Waals surface area contributed by atoms with Gasteiger partial charge in [0.2, 0.25) is 11.8 Å². The molecule has 5 rings (SSSR count). The molecule has 2 heterocycles. The Morgan fingerprint density at radius 1 is 0.933 bits per heavy atom. The predicted octanol–water partition coefficient (Wildman–Crippen LogP) is 2.84. The van der Waals surface area contributed by atoms with Crippen molar-refractivity contribution in [3.05, 3.63) is 101 Å². The Labute approximate surface area is 261 Å². The Hall–Kier alpha value is -4.77. The second-order valence-corrected chi connectivity index (χ2v) is 11.3. The first-order valence-corrected chi connectivity index (χ1v) is 15.2. The molecule has 10 nitrogen and oxygen atoms in total. The lowest BCUT2D eigenvalue weighted by Crippen LogP contribution is -2.49. The van der Waals surface area contributed by atoms with Crippen LogP contribution in [-0.4, -0.2) is 80.5 Å². The van der Waals surface area contributed by atoms with Gasteiger partial charge in [-0.2, -0.15) is 0 Å². The minimum Gasteiger partial charge on any atom is -0.378 e. The van der Waals surface area contributed by atoms with Crippen LogP contribution < -0.4 is 20.9 Å². The van der Waals surface area contributed by atoms with Crippen molar-refractivity contribution in [2.24, 2.45) is 0 Å². The first-order valence-electron chi connectivity index (χ1n) is 15.2. The Morgan fingerprint density at radius 2 is 1.67 bits per heavy atom. The van der Waals surface area contributed by atoms with Crippen LogP contribution in [0.3, 0.4) is 0 Å². The molecule has 3 N–H and O–H groups in total. The van der Waals surface area contributed by atoms with E-state index in [4.69, 9.17) is 4.74 Å². The highest BCUT2D eigenvalue weighted by atomic mass is 19.1. The molecule has 236 valence electrons. The predicted molar refractivity (Wildman–Crippen MR) is 167 cm³/mol. The summed E-state index contributed by atoms with van der Waals surface area (Å²) in [5.74, 6) is -2.63. The number of amides is 4. The number of ether oxygens (including phenoxy) is 1. The highest BCUT2D eigenvalue weighted by Gasteiger charge is 2.28. The number of aryl methyl sites for hydroxylation is 1. The summed E-state index contributed by atoms with van der Waals surface area (Å²) in [6.45, 7) is 4.40. The van der Waals surface area contributed by atoms with E-state index in [1.807, 2.05) is 42.5 Å². The standard InChI is InChI=1S/C34H38FN5O5/c1-23-32(42)38-30(25-7-3-2-4-8-25)21-40(34(44)26-10-12-27(13-11-26)39-16-18-45-19-17-39)22-31(41)36-15-5-6-24-9-14-29(35)28(20-24)33(43)37-23/h2-4,7-14,20,23,30H,5-6,15-19,21-22H2,1H3,(H,36,41)(H,37,43)(H,38,42)/t23-,30-/m1/s1. The molecular formula is C34H38FN5O5. The van der Waals surface area contributed by atoms with Gasteiger partial charge in [0.1, 0.15) is 11.9 Å². The molecule has 0 aliphatic carbocycles. The summed E-state index contributed by atoms with van der Waals surface area (Å²) in [6.07, 6.45) is 1.03. The zero-order chi connectivity index (χ0) is 31.8. The molecular weight excluding hydrogens is 577 g/mol. The highest BCUT2D eigenvalue weighted by molar-refractivity contribution is 5.98. The Balaban J connectivity index is 1.42. The third kappa shape index (κ3) is 8.24. The van der Waals surface area contributed by atoms with Crippen LogP contribution in [0.1, 0.15) is 51.2 Å². The van der Waals surface area contributed by atoms with Crippen molar-refractivity contribution in [2.75, 3.05) is 50.8 Å². The van der Waals surface area contributed by atoms with E-state index in [2.05, 4.69) is 20.9 Å². The van der Waals surface area contributed by atoms with Gasteiger partial charge in [0, 0.05) is 37.4 Å². The maximum atomic E-state index is 14.6. The molecule has 0 radical (unpaired) electrons. The molecule has 11 heteroatoms. The van der Waals surface area contributed by atoms with Crippen molar-refractivity contribution in [1.29, 1.82) is 0 Å². The molecule has 0 unspecified atom stereocenters. The fourth-order valence-electron chi connectivity index (χ4n) is 5.47. The van der Waals surface area contributed by atoms with Crippen LogP contribution in [0, 0.1) is 5.82 Å². The largest absolute Gasteiger partial charge is 0.378 e. The van der Waals surface area contributed by atoms with Crippen LogP contribution in [0.4, 0.5) is 10.1 Å². The van der Waals surface area contributed by atoms with Crippen LogP contribution in [0.5, 0.6) is 0 Å². The zero-order valence-corrected chi connectivity index (χ0v) is 25.3. The fourth-order valence-corrected chi connectivity index (χ4v) is 5.47. The minimum atomic E-state index is -1.01. The Morgan fingerprint density at radius 3 is 2.40 bits per heavy atom. The van der Waals surface area contributed by atoms with Crippen molar-refractivity contribution in [3.8, 4) is 0 Å². The lowest BCUT2D eigenvalue weighted by Gasteiger charge is -2.30. The van der Waals surface area contributed by atoms with Gasteiger partial charge in [-0.1, -0.05) is 36.4 Å². The van der Waals surface area contributed by atoms with E-state index < -0.39 is 29.7 Å². The van der Waals surface area contributed by atoms with E-state index in [0.29, 0.717) is 43.7 Å². The van der Waals surface area contributed by atoms with Gasteiger partial charge in [-0.15, -0.1) is 0 Å². The number of benzene rings is 3. The van der Waals surface area contributed by atoms with Crippen molar-refractivity contribution in [1.82, 2.24) is 20.9 Å². The fraction of sp³-hybridized carbons (Fsp3) is 0.353. The Bertz CT molecular complexity index is 1510. The van der Waals surface area contributed by atoms with E-state index in [1.54, 1.807) is 18.2 Å². The average Bonchev–Trinajstić information content (AvgIpc) is 3.06. The summed E-state index contributed by atoms with van der Waals surface area (Å²) < 4.78 is 20.0. The number of fused-ring (bicyclic) bond motifs is 2. The summed E-state index contributed by atoms with van der Waals surface area (Å²) in [6, 6.07) is 18.9. The molecule has 45 heavy (non-hydrogen) atoms. The summed E-state index contributed by atoms with van der Waals surface area (Å²) >= 11 is 0. The number of carbonyl (C=O) groups is 4. The van der Waals surface area contributed by atoms with Crippen LogP contribution in [-0.2, 0) is 20.7 Å². The van der Waals surface area contributed by atoms with Crippen LogP contribution in [0.15, 0.2) is 72.8 Å². The number of nitrogens with zero attached hydrogens (tertiary/aromatic N) is 2. The molecule has 0 aromatic heterocycles. The van der Waals surface area contributed by atoms with Crippen molar-refractivity contribution in [2.45, 2.75) is 31.8 Å². The van der Waals surface area contributed by atoms with Crippen LogP contribution in [0.25, 0.3) is 0 Å². The quantitative estimate of drug-likeness (QED) is 0.417. The van der Waals surface area contributed by atoms with Gasteiger partial charge in [-0.25, -0.2) is 4.39 Å². The van der Waals surface area contributed by atoms with Crippen molar-refractivity contribution in [3.63, 3.8) is 0 Å². The van der Waals surface area contributed by atoms with Crippen molar-refractivity contribution >= 4 is 29.3 Å². The van der Waals surface area contributed by atoms with Gasteiger partial charge in [-0.3, -0.25) is 19.2 Å². The zero-order valence-electron chi connectivity index (χ0n) is 25.3. The second-order valence-electron chi connectivity index (χ2n) is 11.3. The van der Waals surface area contributed by atoms with Crippen LogP contribution in [0.2, 0.25) is 0 Å². The summed E-state index contributed by atoms with van der Waals surface area (Å²) in [5, 5.41) is 8.40. The third-order valence-electron chi connectivity index (χ3n) is 8.01. The molecule has 1 fully saturated rings. The van der Waals surface area contributed by atoms with Gasteiger partial charge in [0.05, 0.1) is 31.4 Å². The number of nitrogens with one attached hydrogen (secondary N) is 3. The van der Waals surface area contributed by atoms with Gasteiger partial charge in [0.25, 0.3) is 11.8 Å². The summed E-state index contributed by atoms with van der Waals surface area (Å²) in [5.41, 5.74) is 2.66. The molecule has 2 aliphatic heterocycles. The lowest BCUT2D eigenvalue weighted by atomic mass is 10.0. The third-order valence-corrected chi connectivity index (χ3v) is 8.01. The number of morpholine rings is 1. The van der Waals surface area contributed by atoms with E-state index in [1.165, 1.54) is 24.0 Å². The van der Waals surface area contributed by atoms with Gasteiger partial charge >= 0.3 is 0 Å². The maximum Gasteiger partial charge on any atom is 0.254 e. The molecule has 2 bridgehead atoms. The molecule has 4 amide bonds. The SMILES string of the molecule is C[C@H]1NC(=O)c2cc(ccc2F)CCCNC(=O)CN(C(=O)c2ccc(N3CCOCC3)cc2)C[C@H](c2ccccc2)NC1=O. The first-order chi connectivity index (χ1) is 21.8. The van der Waals surface area contributed by atoms with E-state index >= 15 is 0 Å². The average molecular weight is 616 g/mol. The maximum absolute atomic E-state index is 14.6. The molecule has 0 spiro atoms. The number of hydrogen-bond acceptors (Lipinski definition) is 6. The highest BCUT2D eigenvalue weighted by Crippen LogP contribution is 2.20. The molecule has 3 aromatic carbocycles. The number of carbonyl (C=O) groups excluding carboxylic acids is 4. The molecule has 2 atom stereocenters. The first kappa shape index (κ1) is 31.6. The second kappa shape index (κ2) is 14.8. The molecule has 3 aromatic rings. The van der Waals surface area contributed by atoms with Crippen LogP contribution >= 0.6 is 0 Å². The molecule has 1 saturated heterocycles. The normalized spacial score (nSPS) is 20.4. The number of halogens is 1. The monoisotopic (exact) mass is 615 g/mol. The summed E-state index contributed by atoms with van der Waals surface area (Å²) in [4.78, 5) is 57.0. The number of rotatable bonds is 3. The van der Waals surface area contributed by atoms with E-state index in [0.717, 1.165) is 24.3 Å². The van der Waals surface area contributed by atoms with Crippen molar-refractivity contribution < 1.29 is 28.3 Å². The minimum absolute atomic E-state index is 0.0106. The summed E-state index contributed by atoms with van der Waals surface area (Å²) in [7, 11) is 0. The van der Waals surface area contributed by atoms with E-state index in [-0.39, 0.29) is 30.5 Å². The Kier molecular flexibility index (Phi) is 10.4. The lowest BCUT2D eigenvalue weighted by molar-refractivity contribution is -0.123. The number of hydrogen-bond donors (Lipinski definition) is 3. The van der Waals surface area contributed by atoms with Gasteiger partial charge in [0.15, 0.2) is 0 Å². The topological polar surface area (TPSA) is 120 Å². The smallest absolute Gasteiger partial charge is 0.254 e. The molecule has 0 saturated carbocycles.